The van der Waals surface area contributed by atoms with Crippen LogP contribution in [0.25, 0.3) is 0 Å². The third-order valence-electron chi connectivity index (χ3n) is 4.54. The lowest BCUT2D eigenvalue weighted by molar-refractivity contribution is -0.142. The molecule has 0 spiro atoms. The fraction of sp³-hybridized carbons (Fsp3) is 0.333. The first kappa shape index (κ1) is 18.0. The summed E-state index contributed by atoms with van der Waals surface area (Å²) in [6.45, 7) is 1.42. The summed E-state index contributed by atoms with van der Waals surface area (Å²) in [4.78, 5) is 27.4. The molecular formula is C21H23NO4. The van der Waals surface area contributed by atoms with Gasteiger partial charge in [-0.1, -0.05) is 30.3 Å². The molecule has 1 atom stereocenters. The van der Waals surface area contributed by atoms with Crippen LogP contribution in [0.4, 0.5) is 0 Å². The van der Waals surface area contributed by atoms with Crippen LogP contribution in [0, 0.1) is 0 Å². The number of ether oxygens (including phenoxy) is 2. The Morgan fingerprint density at radius 2 is 1.58 bits per heavy atom. The molecule has 0 unspecified atom stereocenters. The van der Waals surface area contributed by atoms with Crippen LogP contribution < -0.4 is 4.74 Å². The van der Waals surface area contributed by atoms with Crippen molar-refractivity contribution in [3.8, 4) is 5.75 Å². The van der Waals surface area contributed by atoms with Crippen LogP contribution in [-0.2, 0) is 9.53 Å². The highest BCUT2D eigenvalue weighted by Gasteiger charge is 2.30. The van der Waals surface area contributed by atoms with Gasteiger partial charge in [-0.05, 0) is 43.5 Å². The van der Waals surface area contributed by atoms with E-state index >= 15 is 0 Å². The van der Waals surface area contributed by atoms with E-state index in [-0.39, 0.29) is 5.91 Å². The molecule has 3 rings (SSSR count). The van der Waals surface area contributed by atoms with E-state index in [1.807, 2.05) is 30.3 Å². The third-order valence-corrected chi connectivity index (χ3v) is 4.54. The number of rotatable bonds is 5. The van der Waals surface area contributed by atoms with Gasteiger partial charge < -0.3 is 14.4 Å². The monoisotopic (exact) mass is 353 g/mol. The predicted molar refractivity (Wildman–Crippen MR) is 98.0 cm³/mol. The molecule has 0 bridgehead atoms. The summed E-state index contributed by atoms with van der Waals surface area (Å²) >= 11 is 0. The molecule has 5 nitrogen and oxygen atoms in total. The SMILES string of the molecule is COc1ccc(C(=O)O[C@@H](C(=O)N2CCCCC2)c2ccccc2)cc1. The number of hydrogen-bond acceptors (Lipinski definition) is 4. The van der Waals surface area contributed by atoms with E-state index in [1.165, 1.54) is 0 Å². The highest BCUT2D eigenvalue weighted by Crippen LogP contribution is 2.24. The number of esters is 1. The standard InChI is InChI=1S/C21H23NO4/c1-25-18-12-10-17(11-13-18)21(24)26-19(16-8-4-2-5-9-16)20(23)22-14-6-3-7-15-22/h2,4-5,8-13,19H,3,6-7,14-15H2,1H3/t19-/m1/s1. The second-order valence-corrected chi connectivity index (χ2v) is 6.31. The Morgan fingerprint density at radius 1 is 0.923 bits per heavy atom. The number of piperidine rings is 1. The zero-order valence-corrected chi connectivity index (χ0v) is 14.9. The minimum Gasteiger partial charge on any atom is -0.497 e. The Labute approximate surface area is 153 Å². The number of likely N-dealkylation sites (tertiary alicyclic amines) is 1. The van der Waals surface area contributed by atoms with Crippen LogP contribution in [0.2, 0.25) is 0 Å². The van der Waals surface area contributed by atoms with Crippen molar-refractivity contribution in [2.75, 3.05) is 20.2 Å². The molecule has 0 aliphatic carbocycles. The molecule has 0 N–H and O–H groups in total. The van der Waals surface area contributed by atoms with Crippen LogP contribution in [0.1, 0.15) is 41.3 Å². The van der Waals surface area contributed by atoms with Crippen molar-refractivity contribution in [2.45, 2.75) is 25.4 Å². The summed E-state index contributed by atoms with van der Waals surface area (Å²) in [5.74, 6) is -0.0184. The van der Waals surface area contributed by atoms with Gasteiger partial charge in [0.15, 0.2) is 0 Å². The van der Waals surface area contributed by atoms with E-state index in [2.05, 4.69) is 0 Å². The Morgan fingerprint density at radius 3 is 2.19 bits per heavy atom. The van der Waals surface area contributed by atoms with Crippen molar-refractivity contribution in [2.24, 2.45) is 0 Å². The highest BCUT2D eigenvalue weighted by atomic mass is 16.5. The third kappa shape index (κ3) is 4.23. The highest BCUT2D eigenvalue weighted by molar-refractivity contribution is 5.92. The first-order valence-electron chi connectivity index (χ1n) is 8.88. The van der Waals surface area contributed by atoms with Crippen LogP contribution >= 0.6 is 0 Å². The van der Waals surface area contributed by atoms with Crippen LogP contribution in [0.5, 0.6) is 5.75 Å². The molecule has 1 saturated heterocycles. The largest absolute Gasteiger partial charge is 0.497 e. The molecule has 1 fully saturated rings. The molecule has 5 heteroatoms. The van der Waals surface area contributed by atoms with Gasteiger partial charge in [0, 0.05) is 18.7 Å². The molecule has 1 amide bonds. The second-order valence-electron chi connectivity index (χ2n) is 6.31. The maximum Gasteiger partial charge on any atom is 0.339 e. The number of carbonyl (C=O) groups is 2. The van der Waals surface area contributed by atoms with E-state index in [4.69, 9.17) is 9.47 Å². The Kier molecular flexibility index (Phi) is 5.89. The van der Waals surface area contributed by atoms with Crippen LogP contribution in [0.15, 0.2) is 54.6 Å². The average molecular weight is 353 g/mol. The fourth-order valence-electron chi connectivity index (χ4n) is 3.07. The number of carbonyl (C=O) groups excluding carboxylic acids is 2. The molecule has 0 saturated carbocycles. The number of benzene rings is 2. The summed E-state index contributed by atoms with van der Waals surface area (Å²) in [6, 6.07) is 15.8. The van der Waals surface area contributed by atoms with Crippen LogP contribution in [-0.4, -0.2) is 37.0 Å². The molecule has 1 aliphatic heterocycles. The Bertz CT molecular complexity index is 736. The second kappa shape index (κ2) is 8.52. The van der Waals surface area contributed by atoms with Crippen molar-refractivity contribution in [3.63, 3.8) is 0 Å². The molecule has 0 aromatic heterocycles. The smallest absolute Gasteiger partial charge is 0.339 e. The van der Waals surface area contributed by atoms with Gasteiger partial charge in [0.2, 0.25) is 6.10 Å². The molecule has 0 radical (unpaired) electrons. The van der Waals surface area contributed by atoms with E-state index in [0.717, 1.165) is 19.3 Å². The van der Waals surface area contributed by atoms with Crippen molar-refractivity contribution < 1.29 is 19.1 Å². The van der Waals surface area contributed by atoms with Gasteiger partial charge in [-0.3, -0.25) is 4.79 Å². The molecule has 1 aliphatic rings. The van der Waals surface area contributed by atoms with Gasteiger partial charge >= 0.3 is 5.97 Å². The van der Waals surface area contributed by atoms with Gasteiger partial charge in [0.05, 0.1) is 12.7 Å². The lowest BCUT2D eigenvalue weighted by Gasteiger charge is -2.30. The number of nitrogens with zero attached hydrogens (tertiary/aromatic N) is 1. The number of amides is 1. The summed E-state index contributed by atoms with van der Waals surface area (Å²) < 4.78 is 10.7. The molecule has 136 valence electrons. The molecule has 2 aromatic carbocycles. The van der Waals surface area contributed by atoms with E-state index < -0.39 is 12.1 Å². The first-order valence-corrected chi connectivity index (χ1v) is 8.88. The molecular weight excluding hydrogens is 330 g/mol. The summed E-state index contributed by atoms with van der Waals surface area (Å²) in [5, 5.41) is 0. The number of methoxy groups -OCH3 is 1. The van der Waals surface area contributed by atoms with Crippen molar-refractivity contribution in [1.29, 1.82) is 0 Å². The van der Waals surface area contributed by atoms with Crippen molar-refractivity contribution in [1.82, 2.24) is 4.90 Å². The fourth-order valence-corrected chi connectivity index (χ4v) is 3.07. The lowest BCUT2D eigenvalue weighted by Crippen LogP contribution is -2.40. The average Bonchev–Trinajstić information content (AvgIpc) is 2.72. The predicted octanol–water partition coefficient (Wildman–Crippen LogP) is 3.61. The van der Waals surface area contributed by atoms with Gasteiger partial charge in [0.25, 0.3) is 5.91 Å². The first-order chi connectivity index (χ1) is 12.7. The van der Waals surface area contributed by atoms with Gasteiger partial charge in [-0.2, -0.15) is 0 Å². The summed E-state index contributed by atoms with van der Waals surface area (Å²) in [6.07, 6.45) is 2.18. The summed E-state index contributed by atoms with van der Waals surface area (Å²) in [5.41, 5.74) is 1.07. The van der Waals surface area contributed by atoms with E-state index in [0.29, 0.717) is 30.0 Å². The van der Waals surface area contributed by atoms with E-state index in [9.17, 15) is 9.59 Å². The minimum atomic E-state index is -0.927. The molecule has 1 heterocycles. The van der Waals surface area contributed by atoms with Gasteiger partial charge in [0.1, 0.15) is 5.75 Å². The maximum absolute atomic E-state index is 13.0. The van der Waals surface area contributed by atoms with Crippen molar-refractivity contribution in [3.05, 3.63) is 65.7 Å². The van der Waals surface area contributed by atoms with Crippen LogP contribution in [0.3, 0.4) is 0 Å². The Balaban J connectivity index is 1.80. The Hall–Kier alpha value is -2.82. The zero-order valence-electron chi connectivity index (χ0n) is 14.9. The molecule has 2 aromatic rings. The van der Waals surface area contributed by atoms with Crippen molar-refractivity contribution >= 4 is 11.9 Å². The maximum atomic E-state index is 13.0. The number of hydrogen-bond donors (Lipinski definition) is 0. The quantitative estimate of drug-likeness (QED) is 0.771. The summed E-state index contributed by atoms with van der Waals surface area (Å²) in [7, 11) is 1.57. The van der Waals surface area contributed by atoms with Gasteiger partial charge in [-0.25, -0.2) is 4.79 Å². The molecule has 26 heavy (non-hydrogen) atoms. The zero-order chi connectivity index (χ0) is 18.4. The van der Waals surface area contributed by atoms with Gasteiger partial charge in [-0.15, -0.1) is 0 Å². The van der Waals surface area contributed by atoms with E-state index in [1.54, 1.807) is 36.3 Å². The normalized spacial score (nSPS) is 15.2. The minimum absolute atomic E-state index is 0.155. The lowest BCUT2D eigenvalue weighted by atomic mass is 10.1. The topological polar surface area (TPSA) is 55.8 Å².